The van der Waals surface area contributed by atoms with Crippen LogP contribution in [0, 0.1) is 0 Å². The van der Waals surface area contributed by atoms with E-state index in [1.165, 1.54) is 13.0 Å². The minimum atomic E-state index is -2.00. The number of carbonyl (C=O) groups excluding carboxylic acids is 3. The van der Waals surface area contributed by atoms with Gasteiger partial charge in [0.05, 0.1) is 41.6 Å². The maximum absolute atomic E-state index is 13.9. The lowest BCUT2D eigenvalue weighted by Crippen LogP contribution is -2.52. The normalized spacial score (nSPS) is 29.0. The SMILES string of the molecule is CCCCOc1cccc2c1C(=O)c1c(O)c3c(c(O)c1C2=O)CC(O)(C(C)=O)CC3OC1CC(N)C(O)C(C)O1. The molecule has 6 unspecified atom stereocenters. The number of aliphatic hydroxyl groups is 2. The number of Topliss-reactive ketones (excluding diaryl/α,β-unsaturated/α-hetero) is 1. The number of phenols is 2. The molecule has 3 aliphatic rings. The number of ketones is 3. The van der Waals surface area contributed by atoms with E-state index >= 15 is 0 Å². The molecular formula is C30H35NO10. The maximum atomic E-state index is 13.9. The van der Waals surface area contributed by atoms with Gasteiger partial charge in [0.1, 0.15) is 22.8 Å². The van der Waals surface area contributed by atoms with Crippen LogP contribution in [0.15, 0.2) is 18.2 Å². The van der Waals surface area contributed by atoms with Gasteiger partial charge in [0.25, 0.3) is 0 Å². The largest absolute Gasteiger partial charge is 0.507 e. The molecule has 2 aliphatic carbocycles. The Bertz CT molecular complexity index is 1410. The molecule has 11 nitrogen and oxygen atoms in total. The molecule has 6 N–H and O–H groups in total. The molecule has 220 valence electrons. The number of nitrogens with two attached hydrogens (primary N) is 1. The van der Waals surface area contributed by atoms with Gasteiger partial charge in [0.15, 0.2) is 17.9 Å². The van der Waals surface area contributed by atoms with E-state index in [2.05, 4.69) is 0 Å². The number of fused-ring (bicyclic) bond motifs is 3. The number of hydrogen-bond donors (Lipinski definition) is 5. The molecule has 0 radical (unpaired) electrons. The average Bonchev–Trinajstić information content (AvgIpc) is 2.92. The summed E-state index contributed by atoms with van der Waals surface area (Å²) >= 11 is 0. The number of phenolic OH excluding ortho intramolecular Hbond substituents is 2. The minimum Gasteiger partial charge on any atom is -0.507 e. The Kier molecular flexibility index (Phi) is 7.68. The van der Waals surface area contributed by atoms with Gasteiger partial charge in [-0.15, -0.1) is 0 Å². The summed E-state index contributed by atoms with van der Waals surface area (Å²) in [5.41, 5.74) is 3.10. The summed E-state index contributed by atoms with van der Waals surface area (Å²) in [6.45, 7) is 5.11. The van der Waals surface area contributed by atoms with Gasteiger partial charge in [-0.25, -0.2) is 0 Å². The number of aliphatic hydroxyl groups excluding tert-OH is 1. The highest BCUT2D eigenvalue weighted by atomic mass is 16.7. The molecule has 5 rings (SSSR count). The first-order valence-corrected chi connectivity index (χ1v) is 13.8. The summed E-state index contributed by atoms with van der Waals surface area (Å²) in [4.78, 5) is 40.2. The Labute approximate surface area is 236 Å². The van der Waals surface area contributed by atoms with E-state index < -0.39 is 82.6 Å². The van der Waals surface area contributed by atoms with Gasteiger partial charge in [-0.1, -0.05) is 25.5 Å². The highest BCUT2D eigenvalue weighted by Gasteiger charge is 2.49. The first kappa shape index (κ1) is 29.2. The molecule has 41 heavy (non-hydrogen) atoms. The quantitative estimate of drug-likeness (QED) is 0.207. The zero-order valence-electron chi connectivity index (χ0n) is 23.2. The van der Waals surface area contributed by atoms with Crippen LogP contribution in [0.3, 0.4) is 0 Å². The number of ether oxygens (including phenoxy) is 3. The maximum Gasteiger partial charge on any atom is 0.202 e. The fraction of sp³-hybridized carbons (Fsp3) is 0.500. The lowest BCUT2D eigenvalue weighted by atomic mass is 9.72. The zero-order chi connectivity index (χ0) is 29.8. The van der Waals surface area contributed by atoms with Gasteiger partial charge in [-0.2, -0.15) is 0 Å². The van der Waals surface area contributed by atoms with Crippen LogP contribution in [-0.2, 0) is 20.7 Å². The van der Waals surface area contributed by atoms with E-state index in [9.17, 15) is 34.8 Å². The minimum absolute atomic E-state index is 0.00808. The lowest BCUT2D eigenvalue weighted by molar-refractivity contribution is -0.247. The van der Waals surface area contributed by atoms with E-state index in [1.807, 2.05) is 6.92 Å². The fourth-order valence-electron chi connectivity index (χ4n) is 5.94. The number of carbonyl (C=O) groups is 3. The second-order valence-electron chi connectivity index (χ2n) is 11.1. The number of benzene rings is 2. The fourth-order valence-corrected chi connectivity index (χ4v) is 5.94. The smallest absolute Gasteiger partial charge is 0.202 e. The predicted molar refractivity (Wildman–Crippen MR) is 144 cm³/mol. The second kappa shape index (κ2) is 10.8. The second-order valence-corrected chi connectivity index (χ2v) is 11.1. The molecule has 1 saturated heterocycles. The van der Waals surface area contributed by atoms with Crippen molar-refractivity contribution in [2.45, 2.75) is 89.1 Å². The molecule has 1 aliphatic heterocycles. The molecule has 6 atom stereocenters. The first-order chi connectivity index (χ1) is 19.4. The molecule has 0 amide bonds. The molecule has 11 heteroatoms. The third-order valence-corrected chi connectivity index (χ3v) is 8.33. The molecule has 0 bridgehead atoms. The molecule has 1 heterocycles. The van der Waals surface area contributed by atoms with E-state index in [0.717, 1.165) is 12.8 Å². The first-order valence-electron chi connectivity index (χ1n) is 13.8. The van der Waals surface area contributed by atoms with Crippen LogP contribution in [0.2, 0.25) is 0 Å². The predicted octanol–water partition coefficient (Wildman–Crippen LogP) is 2.20. The number of hydrogen-bond acceptors (Lipinski definition) is 11. The van der Waals surface area contributed by atoms with Crippen LogP contribution in [0.4, 0.5) is 0 Å². The van der Waals surface area contributed by atoms with Gasteiger partial charge >= 0.3 is 0 Å². The van der Waals surface area contributed by atoms with Crippen molar-refractivity contribution in [2.75, 3.05) is 6.61 Å². The van der Waals surface area contributed by atoms with Crippen LogP contribution in [-0.4, -0.2) is 74.5 Å². The van der Waals surface area contributed by atoms with E-state index in [-0.39, 0.29) is 40.8 Å². The highest BCUT2D eigenvalue weighted by molar-refractivity contribution is 6.31. The average molecular weight is 570 g/mol. The topological polar surface area (TPSA) is 186 Å². The number of aromatic hydroxyl groups is 2. The summed E-state index contributed by atoms with van der Waals surface area (Å²) in [5, 5.41) is 44.5. The van der Waals surface area contributed by atoms with Crippen molar-refractivity contribution in [1.82, 2.24) is 0 Å². The van der Waals surface area contributed by atoms with Crippen molar-refractivity contribution in [2.24, 2.45) is 5.73 Å². The molecule has 1 fully saturated rings. The molecule has 0 aromatic heterocycles. The van der Waals surface area contributed by atoms with Crippen LogP contribution < -0.4 is 10.5 Å². The Morgan fingerprint density at radius 1 is 1.15 bits per heavy atom. The Morgan fingerprint density at radius 3 is 2.51 bits per heavy atom. The van der Waals surface area contributed by atoms with Gasteiger partial charge in [-0.05, 0) is 26.3 Å². The molecule has 0 spiro atoms. The molecular weight excluding hydrogens is 534 g/mol. The summed E-state index contributed by atoms with van der Waals surface area (Å²) in [6.07, 6.45) is -2.95. The number of rotatable bonds is 7. The van der Waals surface area contributed by atoms with Crippen molar-refractivity contribution in [3.8, 4) is 17.2 Å². The van der Waals surface area contributed by atoms with Gasteiger partial charge in [0, 0.05) is 42.0 Å². The van der Waals surface area contributed by atoms with E-state index in [4.69, 9.17) is 19.9 Å². The molecule has 0 saturated carbocycles. The summed E-state index contributed by atoms with van der Waals surface area (Å²) < 4.78 is 17.7. The van der Waals surface area contributed by atoms with Crippen LogP contribution in [0.1, 0.15) is 95.5 Å². The van der Waals surface area contributed by atoms with Crippen LogP contribution in [0.5, 0.6) is 17.2 Å². The Morgan fingerprint density at radius 2 is 1.85 bits per heavy atom. The van der Waals surface area contributed by atoms with Crippen molar-refractivity contribution >= 4 is 17.3 Å². The Balaban J connectivity index is 1.64. The number of unbranched alkanes of at least 4 members (excludes halogenated alkanes) is 1. The van der Waals surface area contributed by atoms with Gasteiger partial charge in [0.2, 0.25) is 5.78 Å². The van der Waals surface area contributed by atoms with Crippen molar-refractivity contribution in [3.63, 3.8) is 0 Å². The third-order valence-electron chi connectivity index (χ3n) is 8.33. The lowest BCUT2D eigenvalue weighted by Gasteiger charge is -2.42. The summed E-state index contributed by atoms with van der Waals surface area (Å²) in [5.74, 6) is -3.05. The highest BCUT2D eigenvalue weighted by Crippen LogP contribution is 2.52. The van der Waals surface area contributed by atoms with Crippen LogP contribution in [0.25, 0.3) is 0 Å². The third kappa shape index (κ3) is 4.81. The van der Waals surface area contributed by atoms with Crippen molar-refractivity contribution in [3.05, 3.63) is 51.6 Å². The monoisotopic (exact) mass is 569 g/mol. The van der Waals surface area contributed by atoms with Crippen LogP contribution >= 0.6 is 0 Å². The van der Waals surface area contributed by atoms with E-state index in [0.29, 0.717) is 6.61 Å². The van der Waals surface area contributed by atoms with Crippen molar-refractivity contribution < 1.29 is 49.0 Å². The molecule has 2 aromatic rings. The standard InChI is InChI=1S/C30H35NO10/c1-4-5-9-39-18-8-6-7-15-21(18)28(36)24-23(26(15)34)27(35)16-11-30(38,14(3)32)12-19(22(16)29(24)37)41-20-10-17(31)25(33)13(2)40-20/h6-8,13,17,19-20,25,33,35,37-38H,4-5,9-12,31H2,1-3H3. The van der Waals surface area contributed by atoms with Gasteiger partial charge < -0.3 is 40.4 Å². The zero-order valence-corrected chi connectivity index (χ0v) is 23.2. The van der Waals surface area contributed by atoms with Crippen molar-refractivity contribution in [1.29, 1.82) is 0 Å². The summed E-state index contributed by atoms with van der Waals surface area (Å²) in [7, 11) is 0. The van der Waals surface area contributed by atoms with Gasteiger partial charge in [-0.3, -0.25) is 14.4 Å². The Hall–Kier alpha value is -3.35. The molecule has 2 aromatic carbocycles. The summed E-state index contributed by atoms with van der Waals surface area (Å²) in [6, 6.07) is 3.89. The van der Waals surface area contributed by atoms with E-state index in [1.54, 1.807) is 19.1 Å².